The lowest BCUT2D eigenvalue weighted by molar-refractivity contribution is -0.139. The van der Waals surface area contributed by atoms with Gasteiger partial charge in [0.2, 0.25) is 5.91 Å². The highest BCUT2D eigenvalue weighted by molar-refractivity contribution is 5.86. The normalized spacial score (nSPS) is 29.9. The molecular formula is C13H26N2O3. The smallest absolute Gasteiger partial charge is 0.242 e. The van der Waals surface area contributed by atoms with E-state index < -0.39 is 11.6 Å². The van der Waals surface area contributed by atoms with Crippen molar-refractivity contribution >= 4 is 5.91 Å². The summed E-state index contributed by atoms with van der Waals surface area (Å²) in [5.41, 5.74) is 5.49. The third-order valence-corrected chi connectivity index (χ3v) is 3.65. The quantitative estimate of drug-likeness (QED) is 0.746. The van der Waals surface area contributed by atoms with E-state index in [1.54, 1.807) is 7.05 Å². The van der Waals surface area contributed by atoms with Gasteiger partial charge in [-0.05, 0) is 18.8 Å². The van der Waals surface area contributed by atoms with Gasteiger partial charge in [-0.15, -0.1) is 0 Å². The van der Waals surface area contributed by atoms with Crippen LogP contribution in [0.15, 0.2) is 0 Å². The van der Waals surface area contributed by atoms with Crippen LogP contribution in [0.1, 0.15) is 32.6 Å². The number of aliphatic hydroxyl groups is 1. The summed E-state index contributed by atoms with van der Waals surface area (Å²) < 4.78 is 4.85. The maximum atomic E-state index is 12.4. The van der Waals surface area contributed by atoms with E-state index in [2.05, 4.69) is 6.92 Å². The molecule has 18 heavy (non-hydrogen) atoms. The van der Waals surface area contributed by atoms with E-state index in [-0.39, 0.29) is 19.1 Å². The molecule has 0 heterocycles. The summed E-state index contributed by atoms with van der Waals surface area (Å²) in [4.78, 5) is 13.9. The first-order valence-electron chi connectivity index (χ1n) is 6.60. The van der Waals surface area contributed by atoms with Crippen molar-refractivity contribution in [1.82, 2.24) is 4.90 Å². The van der Waals surface area contributed by atoms with Crippen LogP contribution in [-0.2, 0) is 9.53 Å². The number of rotatable bonds is 5. The molecule has 1 aliphatic carbocycles. The van der Waals surface area contributed by atoms with Crippen molar-refractivity contribution in [3.8, 4) is 0 Å². The summed E-state index contributed by atoms with van der Waals surface area (Å²) in [7, 11) is 3.22. The molecular weight excluding hydrogens is 232 g/mol. The van der Waals surface area contributed by atoms with E-state index >= 15 is 0 Å². The van der Waals surface area contributed by atoms with Crippen molar-refractivity contribution < 1.29 is 14.6 Å². The number of hydrogen-bond donors (Lipinski definition) is 2. The van der Waals surface area contributed by atoms with Crippen LogP contribution in [0.2, 0.25) is 0 Å². The number of methoxy groups -OCH3 is 1. The minimum atomic E-state index is -0.751. The second-order valence-electron chi connectivity index (χ2n) is 5.65. The summed E-state index contributed by atoms with van der Waals surface area (Å²) >= 11 is 0. The molecule has 0 saturated heterocycles. The standard InChI is InChI=1S/C13H26N2O3/c1-10-5-4-6-13(14,7-10)12(17)15(2)8-11(16)9-18-3/h10-11,16H,4-9,14H2,1-3H3. The first-order valence-corrected chi connectivity index (χ1v) is 6.60. The molecule has 0 radical (unpaired) electrons. The largest absolute Gasteiger partial charge is 0.389 e. The van der Waals surface area contributed by atoms with Crippen LogP contribution in [0.4, 0.5) is 0 Å². The van der Waals surface area contributed by atoms with Gasteiger partial charge in [0.15, 0.2) is 0 Å². The number of carbonyl (C=O) groups is 1. The third-order valence-electron chi connectivity index (χ3n) is 3.65. The van der Waals surface area contributed by atoms with Gasteiger partial charge in [-0.1, -0.05) is 19.8 Å². The Morgan fingerprint density at radius 3 is 2.89 bits per heavy atom. The van der Waals surface area contributed by atoms with Gasteiger partial charge in [-0.25, -0.2) is 0 Å². The molecule has 5 heteroatoms. The van der Waals surface area contributed by atoms with E-state index in [1.165, 1.54) is 12.0 Å². The van der Waals surface area contributed by atoms with Gasteiger partial charge in [-0.2, -0.15) is 0 Å². The van der Waals surface area contributed by atoms with Gasteiger partial charge in [0.1, 0.15) is 0 Å². The number of likely N-dealkylation sites (N-methyl/N-ethyl adjacent to an activating group) is 1. The van der Waals surface area contributed by atoms with Gasteiger partial charge in [-0.3, -0.25) is 4.79 Å². The van der Waals surface area contributed by atoms with Crippen LogP contribution in [0, 0.1) is 5.92 Å². The molecule has 0 aromatic heterocycles. The third kappa shape index (κ3) is 3.93. The van der Waals surface area contributed by atoms with Crippen LogP contribution in [0.5, 0.6) is 0 Å². The van der Waals surface area contributed by atoms with Gasteiger partial charge >= 0.3 is 0 Å². The molecule has 3 unspecified atom stereocenters. The van der Waals surface area contributed by atoms with E-state index in [1.807, 2.05) is 0 Å². The van der Waals surface area contributed by atoms with Gasteiger partial charge in [0, 0.05) is 20.7 Å². The van der Waals surface area contributed by atoms with Crippen LogP contribution in [0.25, 0.3) is 0 Å². The van der Waals surface area contributed by atoms with Crippen molar-refractivity contribution in [2.75, 3.05) is 27.3 Å². The molecule has 1 aliphatic rings. The summed E-state index contributed by atoms with van der Waals surface area (Å²) in [5, 5.41) is 9.64. The molecule has 3 atom stereocenters. The Balaban J connectivity index is 2.56. The Morgan fingerprint density at radius 2 is 2.33 bits per heavy atom. The maximum Gasteiger partial charge on any atom is 0.242 e. The summed E-state index contributed by atoms with van der Waals surface area (Å²) in [6.45, 7) is 2.62. The lowest BCUT2D eigenvalue weighted by atomic mass is 9.76. The Hall–Kier alpha value is -0.650. The Kier molecular flexibility index (Phi) is 5.56. The molecule has 5 nitrogen and oxygen atoms in total. The van der Waals surface area contributed by atoms with Crippen LogP contribution in [0.3, 0.4) is 0 Å². The second-order valence-corrected chi connectivity index (χ2v) is 5.65. The lowest BCUT2D eigenvalue weighted by Crippen LogP contribution is -2.57. The summed E-state index contributed by atoms with van der Waals surface area (Å²) in [5.74, 6) is 0.425. The summed E-state index contributed by atoms with van der Waals surface area (Å²) in [6.07, 6.45) is 2.95. The highest BCUT2D eigenvalue weighted by Gasteiger charge is 2.39. The highest BCUT2D eigenvalue weighted by Crippen LogP contribution is 2.31. The SMILES string of the molecule is COCC(O)CN(C)C(=O)C1(N)CCCC(C)C1. The van der Waals surface area contributed by atoms with Crippen molar-refractivity contribution in [3.05, 3.63) is 0 Å². The van der Waals surface area contributed by atoms with Crippen molar-refractivity contribution in [2.24, 2.45) is 11.7 Å². The predicted octanol–water partition coefficient (Wildman–Crippen LogP) is 0.360. The predicted molar refractivity (Wildman–Crippen MR) is 70.1 cm³/mol. The molecule has 0 spiro atoms. The van der Waals surface area contributed by atoms with Crippen LogP contribution < -0.4 is 5.73 Å². The number of carbonyl (C=O) groups excluding carboxylic acids is 1. The Morgan fingerprint density at radius 1 is 1.67 bits per heavy atom. The zero-order valence-electron chi connectivity index (χ0n) is 11.7. The topological polar surface area (TPSA) is 75.8 Å². The Bertz CT molecular complexity index is 285. The molecule has 1 saturated carbocycles. The van der Waals surface area contributed by atoms with E-state index in [9.17, 15) is 9.90 Å². The monoisotopic (exact) mass is 258 g/mol. The van der Waals surface area contributed by atoms with Crippen molar-refractivity contribution in [1.29, 1.82) is 0 Å². The van der Waals surface area contributed by atoms with Crippen LogP contribution >= 0.6 is 0 Å². The molecule has 0 bridgehead atoms. The van der Waals surface area contributed by atoms with Gasteiger partial charge < -0.3 is 20.5 Å². The number of nitrogens with zero attached hydrogens (tertiary/aromatic N) is 1. The van der Waals surface area contributed by atoms with E-state index in [4.69, 9.17) is 10.5 Å². The molecule has 1 amide bonds. The van der Waals surface area contributed by atoms with Crippen molar-refractivity contribution in [3.63, 3.8) is 0 Å². The molecule has 1 fully saturated rings. The molecule has 3 N–H and O–H groups in total. The van der Waals surface area contributed by atoms with Crippen LogP contribution in [-0.4, -0.2) is 54.9 Å². The second kappa shape index (κ2) is 6.50. The molecule has 1 rings (SSSR count). The van der Waals surface area contributed by atoms with Gasteiger partial charge in [0.25, 0.3) is 0 Å². The summed E-state index contributed by atoms with van der Waals surface area (Å²) in [6, 6.07) is 0. The fourth-order valence-corrected chi connectivity index (χ4v) is 2.81. The first-order chi connectivity index (χ1) is 8.39. The first kappa shape index (κ1) is 15.4. The van der Waals surface area contributed by atoms with E-state index in [0.29, 0.717) is 5.92 Å². The van der Waals surface area contributed by atoms with Crippen molar-refractivity contribution in [2.45, 2.75) is 44.2 Å². The highest BCUT2D eigenvalue weighted by atomic mass is 16.5. The lowest BCUT2D eigenvalue weighted by Gasteiger charge is -2.38. The zero-order valence-corrected chi connectivity index (χ0v) is 11.7. The number of ether oxygens (including phenoxy) is 1. The molecule has 0 aromatic rings. The fourth-order valence-electron chi connectivity index (χ4n) is 2.81. The molecule has 0 aromatic carbocycles. The van der Waals surface area contributed by atoms with Gasteiger partial charge in [0.05, 0.1) is 18.2 Å². The average molecular weight is 258 g/mol. The minimum Gasteiger partial charge on any atom is -0.389 e. The molecule has 0 aliphatic heterocycles. The average Bonchev–Trinajstić information content (AvgIpc) is 2.27. The zero-order chi connectivity index (χ0) is 13.8. The number of hydrogen-bond acceptors (Lipinski definition) is 4. The minimum absolute atomic E-state index is 0.0656. The van der Waals surface area contributed by atoms with E-state index in [0.717, 1.165) is 25.7 Å². The molecule has 106 valence electrons. The maximum absolute atomic E-state index is 12.4. The fraction of sp³-hybridized carbons (Fsp3) is 0.923. The number of nitrogens with two attached hydrogens (primary N) is 1. The number of aliphatic hydroxyl groups excluding tert-OH is 1. The Labute approximate surface area is 109 Å². The number of amides is 1.